The van der Waals surface area contributed by atoms with Crippen molar-refractivity contribution in [2.24, 2.45) is 5.92 Å². The number of phenols is 2. The average Bonchev–Trinajstić information content (AvgIpc) is 2.78. The molecule has 32 heavy (non-hydrogen) atoms. The van der Waals surface area contributed by atoms with Crippen molar-refractivity contribution in [2.45, 2.75) is 19.8 Å². The van der Waals surface area contributed by atoms with Crippen molar-refractivity contribution in [1.29, 1.82) is 0 Å². The highest BCUT2D eigenvalue weighted by molar-refractivity contribution is 6.09. The molecule has 0 radical (unpaired) electrons. The highest BCUT2D eigenvalue weighted by Gasteiger charge is 2.24. The van der Waals surface area contributed by atoms with E-state index in [2.05, 4.69) is 6.92 Å². The molecule has 0 bridgehead atoms. The molecule has 0 heterocycles. The Kier molecular flexibility index (Phi) is 7.55. The summed E-state index contributed by atoms with van der Waals surface area (Å²) in [5.41, 5.74) is 3.29. The number of ketones is 1. The topological polar surface area (TPSA) is 76.0 Å². The highest BCUT2D eigenvalue weighted by atomic mass is 16.5. The lowest BCUT2D eigenvalue weighted by molar-refractivity contribution is -0.113. The lowest BCUT2D eigenvalue weighted by Crippen LogP contribution is -2.18. The van der Waals surface area contributed by atoms with Gasteiger partial charge in [0.1, 0.15) is 0 Å². The first-order valence-electron chi connectivity index (χ1n) is 10.4. The minimum atomic E-state index is 0.0592. The Bertz CT molecular complexity index is 1020. The van der Waals surface area contributed by atoms with Gasteiger partial charge in [-0.25, -0.2) is 0 Å². The van der Waals surface area contributed by atoms with Crippen LogP contribution in [0.2, 0.25) is 0 Å². The third kappa shape index (κ3) is 5.70. The van der Waals surface area contributed by atoms with Gasteiger partial charge in [-0.15, -0.1) is 0 Å². The van der Waals surface area contributed by atoms with Crippen LogP contribution in [0.3, 0.4) is 0 Å². The van der Waals surface area contributed by atoms with E-state index in [0.29, 0.717) is 17.4 Å². The van der Waals surface area contributed by atoms with Crippen molar-refractivity contribution in [3.8, 4) is 23.0 Å². The number of carbonyl (C=O) groups excluding carboxylic acids is 1. The quantitative estimate of drug-likeness (QED) is 0.573. The molecule has 1 fully saturated rings. The molecule has 0 saturated heterocycles. The molecule has 0 aliphatic heterocycles. The predicted octanol–water partition coefficient (Wildman–Crippen LogP) is 5.69. The number of phenolic OH excluding ortho intramolecular Hbond substituents is 2. The Hall–Kier alpha value is -3.73. The summed E-state index contributed by atoms with van der Waals surface area (Å²) in [5, 5.41) is 19.4. The molecule has 1 aliphatic carbocycles. The van der Waals surface area contributed by atoms with E-state index in [0.717, 1.165) is 35.1 Å². The second-order valence-corrected chi connectivity index (χ2v) is 7.81. The minimum Gasteiger partial charge on any atom is -0.504 e. The summed E-state index contributed by atoms with van der Waals surface area (Å²) in [5.74, 6) is 1.43. The van der Waals surface area contributed by atoms with E-state index >= 15 is 0 Å². The summed E-state index contributed by atoms with van der Waals surface area (Å²) in [6, 6.07) is 10.2. The van der Waals surface area contributed by atoms with Crippen LogP contribution >= 0.6 is 0 Å². The van der Waals surface area contributed by atoms with Gasteiger partial charge in [-0.2, -0.15) is 0 Å². The summed E-state index contributed by atoms with van der Waals surface area (Å²) in [6.45, 7) is 2.14. The van der Waals surface area contributed by atoms with Crippen LogP contribution in [0.1, 0.15) is 30.9 Å². The number of rotatable bonds is 6. The Morgan fingerprint density at radius 2 is 1.25 bits per heavy atom. The number of hydrogen-bond acceptors (Lipinski definition) is 5. The van der Waals surface area contributed by atoms with E-state index in [1.807, 2.05) is 36.5 Å². The van der Waals surface area contributed by atoms with Gasteiger partial charge < -0.3 is 19.7 Å². The number of Topliss-reactive ketones (excluding diaryl/α,β-unsaturated/α-hetero) is 1. The maximum Gasteiger partial charge on any atom is 0.185 e. The van der Waals surface area contributed by atoms with Gasteiger partial charge in [0.25, 0.3) is 0 Å². The fourth-order valence-electron chi connectivity index (χ4n) is 3.65. The van der Waals surface area contributed by atoms with Gasteiger partial charge in [-0.1, -0.05) is 55.5 Å². The van der Waals surface area contributed by atoms with E-state index in [1.165, 1.54) is 14.2 Å². The zero-order valence-corrected chi connectivity index (χ0v) is 18.5. The van der Waals surface area contributed by atoms with Gasteiger partial charge in [-0.3, -0.25) is 4.79 Å². The molecule has 0 amide bonds. The first-order chi connectivity index (χ1) is 15.4. The smallest absolute Gasteiger partial charge is 0.185 e. The molecular weight excluding hydrogens is 404 g/mol. The van der Waals surface area contributed by atoms with E-state index in [-0.39, 0.29) is 17.3 Å². The molecule has 5 nitrogen and oxygen atoms in total. The van der Waals surface area contributed by atoms with Crippen molar-refractivity contribution < 1.29 is 24.5 Å². The SMILES string of the molecule is COc1cc(/C=C/C=C2/CC(C)C/C(=C\C=C\c3ccc(O)c(OC)c3)C2=O)ccc1O. The average molecular weight is 433 g/mol. The summed E-state index contributed by atoms with van der Waals surface area (Å²) < 4.78 is 10.3. The van der Waals surface area contributed by atoms with Gasteiger partial charge in [0.15, 0.2) is 28.8 Å². The van der Waals surface area contributed by atoms with Crippen LogP contribution in [0.15, 0.2) is 71.8 Å². The molecule has 2 N–H and O–H groups in total. The van der Waals surface area contributed by atoms with Crippen LogP contribution in [0.4, 0.5) is 0 Å². The van der Waals surface area contributed by atoms with Crippen molar-refractivity contribution >= 4 is 17.9 Å². The third-order valence-corrected chi connectivity index (χ3v) is 5.30. The zero-order chi connectivity index (χ0) is 23.1. The molecule has 0 spiro atoms. The molecule has 0 aromatic heterocycles. The van der Waals surface area contributed by atoms with Gasteiger partial charge in [0, 0.05) is 11.1 Å². The highest BCUT2D eigenvalue weighted by Crippen LogP contribution is 2.31. The number of methoxy groups -OCH3 is 2. The maximum absolute atomic E-state index is 12.9. The molecule has 3 rings (SSSR count). The molecule has 2 aromatic carbocycles. The summed E-state index contributed by atoms with van der Waals surface area (Å²) in [6.07, 6.45) is 12.7. The van der Waals surface area contributed by atoms with Gasteiger partial charge in [0.05, 0.1) is 14.2 Å². The van der Waals surface area contributed by atoms with Crippen molar-refractivity contribution in [2.75, 3.05) is 14.2 Å². The standard InChI is InChI=1S/C27H28O5/c1-18-14-21(8-4-6-19-10-12-23(28)25(16-19)31-2)27(30)22(15-18)9-5-7-20-11-13-24(29)26(17-20)32-3/h4-13,16-18,28-29H,14-15H2,1-3H3/b6-4+,7-5+,21-8-,22-9+. The molecule has 1 saturated carbocycles. The second-order valence-electron chi connectivity index (χ2n) is 7.81. The number of hydrogen-bond donors (Lipinski definition) is 2. The Morgan fingerprint density at radius 3 is 1.66 bits per heavy atom. The summed E-state index contributed by atoms with van der Waals surface area (Å²) >= 11 is 0. The monoisotopic (exact) mass is 432 g/mol. The van der Waals surface area contributed by atoms with Crippen LogP contribution in [0, 0.1) is 5.92 Å². The van der Waals surface area contributed by atoms with Crippen LogP contribution in [-0.4, -0.2) is 30.2 Å². The zero-order valence-electron chi connectivity index (χ0n) is 18.5. The Labute approximate surface area is 188 Å². The van der Waals surface area contributed by atoms with E-state index in [4.69, 9.17) is 9.47 Å². The van der Waals surface area contributed by atoms with Crippen molar-refractivity contribution in [3.63, 3.8) is 0 Å². The molecule has 2 aromatic rings. The first-order valence-corrected chi connectivity index (χ1v) is 10.4. The van der Waals surface area contributed by atoms with Gasteiger partial charge >= 0.3 is 0 Å². The Morgan fingerprint density at radius 1 is 0.812 bits per heavy atom. The number of ether oxygens (including phenoxy) is 2. The molecule has 1 unspecified atom stereocenters. The molecular formula is C27H28O5. The fraction of sp³-hybridized carbons (Fsp3) is 0.222. The van der Waals surface area contributed by atoms with Crippen LogP contribution in [-0.2, 0) is 4.79 Å². The normalized spacial score (nSPS) is 19.3. The summed E-state index contributed by atoms with van der Waals surface area (Å²) in [4.78, 5) is 12.9. The van der Waals surface area contributed by atoms with E-state index in [9.17, 15) is 15.0 Å². The van der Waals surface area contributed by atoms with Crippen LogP contribution < -0.4 is 9.47 Å². The third-order valence-electron chi connectivity index (χ3n) is 5.30. The molecule has 166 valence electrons. The molecule has 1 atom stereocenters. The van der Waals surface area contributed by atoms with Gasteiger partial charge in [0.2, 0.25) is 0 Å². The maximum atomic E-state index is 12.9. The number of allylic oxidation sites excluding steroid dienone is 6. The largest absolute Gasteiger partial charge is 0.504 e. The summed E-state index contributed by atoms with van der Waals surface area (Å²) in [7, 11) is 3.01. The number of aromatic hydroxyl groups is 2. The number of carbonyl (C=O) groups is 1. The lowest BCUT2D eigenvalue weighted by atomic mass is 9.81. The van der Waals surface area contributed by atoms with Gasteiger partial charge in [-0.05, 0) is 54.2 Å². The lowest BCUT2D eigenvalue weighted by Gasteiger charge is -2.21. The number of benzene rings is 2. The van der Waals surface area contributed by atoms with Crippen LogP contribution in [0.25, 0.3) is 12.2 Å². The Balaban J connectivity index is 1.75. The van der Waals surface area contributed by atoms with Crippen LogP contribution in [0.5, 0.6) is 23.0 Å². The predicted molar refractivity (Wildman–Crippen MR) is 127 cm³/mol. The first kappa shape index (κ1) is 22.9. The minimum absolute atomic E-state index is 0.0592. The van der Waals surface area contributed by atoms with Crippen molar-refractivity contribution in [3.05, 3.63) is 83.0 Å². The van der Waals surface area contributed by atoms with E-state index in [1.54, 1.807) is 36.4 Å². The van der Waals surface area contributed by atoms with E-state index < -0.39 is 0 Å². The van der Waals surface area contributed by atoms with Crippen molar-refractivity contribution in [1.82, 2.24) is 0 Å². The molecule has 1 aliphatic rings. The fourth-order valence-corrected chi connectivity index (χ4v) is 3.65. The molecule has 5 heteroatoms. The second kappa shape index (κ2) is 10.5.